The standard InChI is InChI=1S/C34H64O6/c1-10-16-30(39)40-27(17-12-21-31(3,4)25-32(5,6)23-14-19-28(35)36)18-13-22-33(7,8)26-34(9,11-2)24-15-20-29(37)38/h27H,10-26H2,1-9H3,(H,35,36)(H,37,38). The number of carbonyl (C=O) groups excluding carboxylic acids is 1. The summed E-state index contributed by atoms with van der Waals surface area (Å²) in [7, 11) is 0. The second-order valence-electron chi connectivity index (χ2n) is 15.2. The van der Waals surface area contributed by atoms with Crippen molar-refractivity contribution < 1.29 is 29.3 Å². The highest BCUT2D eigenvalue weighted by Crippen LogP contribution is 2.43. The van der Waals surface area contributed by atoms with Gasteiger partial charge in [0.25, 0.3) is 0 Å². The van der Waals surface area contributed by atoms with Crippen molar-refractivity contribution in [2.24, 2.45) is 21.7 Å². The molecule has 0 aliphatic heterocycles. The van der Waals surface area contributed by atoms with E-state index in [1.807, 2.05) is 6.92 Å². The number of aliphatic carboxylic acids is 2. The average molecular weight is 569 g/mol. The molecular formula is C34H64O6. The molecule has 0 saturated carbocycles. The van der Waals surface area contributed by atoms with E-state index in [-0.39, 0.29) is 46.6 Å². The lowest BCUT2D eigenvalue weighted by Gasteiger charge is -2.37. The number of carboxylic acids is 2. The van der Waals surface area contributed by atoms with Crippen molar-refractivity contribution in [2.75, 3.05) is 0 Å². The number of esters is 1. The number of hydrogen-bond donors (Lipinski definition) is 2. The third kappa shape index (κ3) is 19.5. The zero-order valence-electron chi connectivity index (χ0n) is 27.6. The predicted molar refractivity (Wildman–Crippen MR) is 164 cm³/mol. The molecule has 6 heteroatoms. The molecular weight excluding hydrogens is 504 g/mol. The van der Waals surface area contributed by atoms with Gasteiger partial charge in [0, 0.05) is 19.3 Å². The average Bonchev–Trinajstić information content (AvgIpc) is 2.77. The van der Waals surface area contributed by atoms with Gasteiger partial charge in [-0.25, -0.2) is 0 Å². The van der Waals surface area contributed by atoms with Crippen molar-refractivity contribution in [2.45, 2.75) is 178 Å². The Labute approximate surface area is 246 Å². The molecule has 0 fully saturated rings. The Morgan fingerprint density at radius 2 is 1.05 bits per heavy atom. The second-order valence-corrected chi connectivity index (χ2v) is 15.2. The highest BCUT2D eigenvalue weighted by Gasteiger charge is 2.32. The highest BCUT2D eigenvalue weighted by atomic mass is 16.5. The topological polar surface area (TPSA) is 101 Å². The van der Waals surface area contributed by atoms with Gasteiger partial charge in [0.1, 0.15) is 6.10 Å². The molecule has 0 radical (unpaired) electrons. The summed E-state index contributed by atoms with van der Waals surface area (Å²) in [6.45, 7) is 20.2. The molecule has 0 aromatic carbocycles. The van der Waals surface area contributed by atoms with Gasteiger partial charge in [-0.3, -0.25) is 14.4 Å². The second kappa shape index (κ2) is 18.1. The van der Waals surface area contributed by atoms with Crippen LogP contribution in [-0.4, -0.2) is 34.2 Å². The van der Waals surface area contributed by atoms with Crippen molar-refractivity contribution in [3.05, 3.63) is 0 Å². The number of carbonyl (C=O) groups is 3. The Morgan fingerprint density at radius 3 is 1.48 bits per heavy atom. The maximum Gasteiger partial charge on any atom is 0.306 e. The number of ether oxygens (including phenoxy) is 1. The Hall–Kier alpha value is -1.59. The smallest absolute Gasteiger partial charge is 0.306 e. The van der Waals surface area contributed by atoms with E-state index < -0.39 is 11.9 Å². The van der Waals surface area contributed by atoms with Crippen molar-refractivity contribution in [1.82, 2.24) is 0 Å². The molecule has 0 heterocycles. The van der Waals surface area contributed by atoms with Crippen molar-refractivity contribution in [3.63, 3.8) is 0 Å². The van der Waals surface area contributed by atoms with Gasteiger partial charge in [-0.15, -0.1) is 0 Å². The SMILES string of the molecule is CCCC(=O)OC(CCCC(C)(C)CC(C)(C)CCCC(=O)O)CCCC(C)(C)CC(C)(CC)CCCC(=O)O. The summed E-state index contributed by atoms with van der Waals surface area (Å²) >= 11 is 0. The van der Waals surface area contributed by atoms with Crippen LogP contribution in [0, 0.1) is 21.7 Å². The zero-order chi connectivity index (χ0) is 31.0. The minimum Gasteiger partial charge on any atom is -0.481 e. The highest BCUT2D eigenvalue weighted by molar-refractivity contribution is 5.69. The Kier molecular flexibility index (Phi) is 17.3. The van der Waals surface area contributed by atoms with Gasteiger partial charge in [0.15, 0.2) is 0 Å². The molecule has 0 aromatic heterocycles. The van der Waals surface area contributed by atoms with Gasteiger partial charge in [-0.05, 0) is 105 Å². The van der Waals surface area contributed by atoms with Crippen molar-refractivity contribution >= 4 is 17.9 Å². The largest absolute Gasteiger partial charge is 0.481 e. The van der Waals surface area contributed by atoms with Crippen LogP contribution in [0.25, 0.3) is 0 Å². The molecule has 2 unspecified atom stereocenters. The molecule has 0 rings (SSSR count). The molecule has 0 bridgehead atoms. The fraction of sp³-hybridized carbons (Fsp3) is 0.912. The molecule has 236 valence electrons. The summed E-state index contributed by atoms with van der Waals surface area (Å²) in [5, 5.41) is 18.0. The predicted octanol–water partition coefficient (Wildman–Crippen LogP) is 9.82. The minimum atomic E-state index is -0.725. The quantitative estimate of drug-likeness (QED) is 0.112. The van der Waals surface area contributed by atoms with E-state index in [0.717, 1.165) is 83.5 Å². The Balaban J connectivity index is 4.97. The Bertz CT molecular complexity index is 754. The van der Waals surface area contributed by atoms with Crippen LogP contribution in [0.4, 0.5) is 0 Å². The molecule has 0 aromatic rings. The van der Waals surface area contributed by atoms with E-state index in [1.54, 1.807) is 0 Å². The van der Waals surface area contributed by atoms with Gasteiger partial charge in [0.2, 0.25) is 0 Å². The third-order valence-electron chi connectivity index (χ3n) is 8.64. The summed E-state index contributed by atoms with van der Waals surface area (Å²) in [4.78, 5) is 34.3. The number of carboxylic acid groups (broad SMARTS) is 2. The van der Waals surface area contributed by atoms with Gasteiger partial charge >= 0.3 is 17.9 Å². The first-order valence-electron chi connectivity index (χ1n) is 16.0. The fourth-order valence-electron chi connectivity index (χ4n) is 6.82. The lowest BCUT2D eigenvalue weighted by Crippen LogP contribution is -2.26. The van der Waals surface area contributed by atoms with Crippen LogP contribution in [0.5, 0.6) is 0 Å². The maximum absolute atomic E-state index is 12.4. The lowest BCUT2D eigenvalue weighted by atomic mass is 9.68. The molecule has 40 heavy (non-hydrogen) atoms. The van der Waals surface area contributed by atoms with E-state index >= 15 is 0 Å². The maximum atomic E-state index is 12.4. The van der Waals surface area contributed by atoms with Crippen LogP contribution in [-0.2, 0) is 19.1 Å². The molecule has 0 saturated heterocycles. The lowest BCUT2D eigenvalue weighted by molar-refractivity contribution is -0.150. The molecule has 0 aliphatic carbocycles. The fourth-order valence-corrected chi connectivity index (χ4v) is 6.82. The van der Waals surface area contributed by atoms with E-state index in [1.165, 1.54) is 0 Å². The molecule has 0 aliphatic rings. The van der Waals surface area contributed by atoms with E-state index in [0.29, 0.717) is 12.8 Å². The van der Waals surface area contributed by atoms with Gasteiger partial charge in [-0.2, -0.15) is 0 Å². The summed E-state index contributed by atoms with van der Waals surface area (Å²) in [5.41, 5.74) is 0.509. The van der Waals surface area contributed by atoms with Gasteiger partial charge < -0.3 is 14.9 Å². The minimum absolute atomic E-state index is 0.0534. The van der Waals surface area contributed by atoms with Crippen LogP contribution >= 0.6 is 0 Å². The normalized spacial score (nSPS) is 14.9. The van der Waals surface area contributed by atoms with E-state index in [4.69, 9.17) is 14.9 Å². The van der Waals surface area contributed by atoms with Gasteiger partial charge in [-0.1, -0.05) is 68.7 Å². The summed E-state index contributed by atoms with van der Waals surface area (Å²) in [6, 6.07) is 0. The monoisotopic (exact) mass is 568 g/mol. The van der Waals surface area contributed by atoms with E-state index in [2.05, 4.69) is 55.4 Å². The van der Waals surface area contributed by atoms with Crippen molar-refractivity contribution in [1.29, 1.82) is 0 Å². The molecule has 0 spiro atoms. The molecule has 6 nitrogen and oxygen atoms in total. The van der Waals surface area contributed by atoms with Crippen LogP contribution in [0.15, 0.2) is 0 Å². The molecule has 2 N–H and O–H groups in total. The first kappa shape index (κ1) is 38.4. The third-order valence-corrected chi connectivity index (χ3v) is 8.64. The van der Waals surface area contributed by atoms with Gasteiger partial charge in [0.05, 0.1) is 0 Å². The van der Waals surface area contributed by atoms with Crippen molar-refractivity contribution in [3.8, 4) is 0 Å². The van der Waals surface area contributed by atoms with E-state index in [9.17, 15) is 14.4 Å². The number of rotatable bonds is 24. The Morgan fingerprint density at radius 1 is 0.625 bits per heavy atom. The number of hydrogen-bond acceptors (Lipinski definition) is 4. The van der Waals surface area contributed by atoms with Crippen LogP contribution in [0.1, 0.15) is 171 Å². The molecule has 2 atom stereocenters. The first-order valence-corrected chi connectivity index (χ1v) is 16.0. The zero-order valence-corrected chi connectivity index (χ0v) is 27.6. The summed E-state index contributed by atoms with van der Waals surface area (Å²) in [5.74, 6) is -1.54. The summed E-state index contributed by atoms with van der Waals surface area (Å²) in [6.07, 6.45) is 14.0. The molecule has 0 amide bonds. The summed E-state index contributed by atoms with van der Waals surface area (Å²) < 4.78 is 5.94. The van der Waals surface area contributed by atoms with Crippen LogP contribution in [0.3, 0.4) is 0 Å². The van der Waals surface area contributed by atoms with Crippen LogP contribution in [0.2, 0.25) is 0 Å². The van der Waals surface area contributed by atoms with Crippen LogP contribution < -0.4 is 0 Å². The first-order chi connectivity index (χ1) is 18.3.